The van der Waals surface area contributed by atoms with Crippen LogP contribution < -0.4 is 0 Å². The molecule has 0 radical (unpaired) electrons. The van der Waals surface area contributed by atoms with E-state index in [9.17, 15) is 0 Å². The summed E-state index contributed by atoms with van der Waals surface area (Å²) in [6.45, 7) is 12.3. The molecule has 0 amide bonds. The van der Waals surface area contributed by atoms with Crippen LogP contribution in [0.5, 0.6) is 0 Å². The first kappa shape index (κ1) is 22.4. The molecule has 2 aromatic rings. The van der Waals surface area contributed by atoms with E-state index in [0.717, 1.165) is 5.92 Å². The van der Waals surface area contributed by atoms with Gasteiger partial charge in [0.2, 0.25) is 0 Å². The molecule has 166 valence electrons. The smallest absolute Gasteiger partial charge is 0.00153 e. The van der Waals surface area contributed by atoms with Gasteiger partial charge < -0.3 is 0 Å². The van der Waals surface area contributed by atoms with Crippen LogP contribution in [0.1, 0.15) is 107 Å². The molecule has 0 spiro atoms. The Labute approximate surface area is 191 Å². The molecule has 0 N–H and O–H groups in total. The van der Waals surface area contributed by atoms with E-state index >= 15 is 0 Å². The number of fused-ring (bicyclic) bond motifs is 6. The molecule has 2 aliphatic rings. The number of unbranched alkanes of at least 4 members (excludes halogenated alkanes) is 1. The van der Waals surface area contributed by atoms with Gasteiger partial charge in [0.1, 0.15) is 0 Å². The van der Waals surface area contributed by atoms with Crippen molar-refractivity contribution in [3.63, 3.8) is 0 Å². The molecule has 3 atom stereocenters. The van der Waals surface area contributed by atoms with Gasteiger partial charge in [0.15, 0.2) is 0 Å². The van der Waals surface area contributed by atoms with Gasteiger partial charge in [-0.2, -0.15) is 0 Å². The van der Waals surface area contributed by atoms with Gasteiger partial charge >= 0.3 is 0 Å². The topological polar surface area (TPSA) is 0 Å². The fraction of sp³-hybridized carbons (Fsp3) is 0.548. The Morgan fingerprint density at radius 2 is 1.68 bits per heavy atom. The molecule has 31 heavy (non-hydrogen) atoms. The summed E-state index contributed by atoms with van der Waals surface area (Å²) in [6.07, 6.45) is 13.9. The van der Waals surface area contributed by atoms with Crippen molar-refractivity contribution in [2.45, 2.75) is 97.8 Å². The molecule has 0 aromatic heterocycles. The second-order valence-corrected chi connectivity index (χ2v) is 10.5. The van der Waals surface area contributed by atoms with Gasteiger partial charge in [-0.15, -0.1) is 0 Å². The largest absolute Gasteiger partial charge is 0.0757 e. The normalized spacial score (nSPS) is 27.8. The molecular formula is C31H42. The molecule has 0 fully saturated rings. The van der Waals surface area contributed by atoms with Gasteiger partial charge in [-0.3, -0.25) is 0 Å². The van der Waals surface area contributed by atoms with E-state index in [0.29, 0.717) is 5.41 Å². The Morgan fingerprint density at radius 1 is 0.903 bits per heavy atom. The van der Waals surface area contributed by atoms with Crippen molar-refractivity contribution >= 4 is 5.57 Å². The van der Waals surface area contributed by atoms with Crippen molar-refractivity contribution in [1.82, 2.24) is 0 Å². The van der Waals surface area contributed by atoms with Crippen LogP contribution in [-0.2, 0) is 18.3 Å². The first-order valence-corrected chi connectivity index (χ1v) is 12.9. The predicted molar refractivity (Wildman–Crippen MR) is 136 cm³/mol. The zero-order valence-electron chi connectivity index (χ0n) is 20.6. The molecular weight excluding hydrogens is 372 g/mol. The van der Waals surface area contributed by atoms with Gasteiger partial charge in [0.25, 0.3) is 0 Å². The highest BCUT2D eigenvalue weighted by atomic mass is 14.5. The maximum atomic E-state index is 2.63. The maximum absolute atomic E-state index is 2.63. The van der Waals surface area contributed by atoms with E-state index < -0.39 is 0 Å². The summed E-state index contributed by atoms with van der Waals surface area (Å²) in [4.78, 5) is 0. The van der Waals surface area contributed by atoms with Crippen molar-refractivity contribution < 1.29 is 0 Å². The summed E-state index contributed by atoms with van der Waals surface area (Å²) in [5.74, 6) is 0.735. The Morgan fingerprint density at radius 3 is 2.42 bits per heavy atom. The Kier molecular flexibility index (Phi) is 6.47. The average molecular weight is 415 g/mol. The van der Waals surface area contributed by atoms with Gasteiger partial charge in [-0.25, -0.2) is 0 Å². The molecule has 0 nitrogen and oxygen atoms in total. The number of benzene rings is 2. The number of hydrogen-bond donors (Lipinski definition) is 0. The van der Waals surface area contributed by atoms with E-state index in [-0.39, 0.29) is 5.41 Å². The van der Waals surface area contributed by atoms with Gasteiger partial charge in [0.05, 0.1) is 0 Å². The van der Waals surface area contributed by atoms with Crippen molar-refractivity contribution in [2.24, 2.45) is 11.3 Å². The maximum Gasteiger partial charge on any atom is -0.00153 e. The lowest BCUT2D eigenvalue weighted by molar-refractivity contribution is 0.0522. The summed E-state index contributed by atoms with van der Waals surface area (Å²) in [6, 6.07) is 16.5. The highest BCUT2D eigenvalue weighted by Crippen LogP contribution is 2.57. The second kappa shape index (κ2) is 8.97. The molecule has 0 aliphatic heterocycles. The number of hydrogen-bond acceptors (Lipinski definition) is 0. The summed E-state index contributed by atoms with van der Waals surface area (Å²) < 4.78 is 0. The standard InChI is InChI=1S/C31H42/c1-6-9-14-23-15-12-19-26-25(23)18-13-16-24-21-22-27(26)28-17-10-11-20-29(28)31(5,8-3)30(24,4)7-2/h10-12,15,17,19-20,22,24H,6-9,13-14,16,18,21H2,1-5H3. The number of aryl methyl sites for hydroxylation is 1. The summed E-state index contributed by atoms with van der Waals surface area (Å²) in [5, 5.41) is 0. The molecule has 3 unspecified atom stereocenters. The van der Waals surface area contributed by atoms with E-state index in [1.165, 1.54) is 74.5 Å². The second-order valence-electron chi connectivity index (χ2n) is 10.5. The lowest BCUT2D eigenvalue weighted by Gasteiger charge is -2.53. The zero-order chi connectivity index (χ0) is 22.1. The molecule has 2 aliphatic carbocycles. The fourth-order valence-electron chi connectivity index (χ4n) is 6.86. The molecule has 0 heteroatoms. The van der Waals surface area contributed by atoms with Gasteiger partial charge in [0, 0.05) is 0 Å². The number of allylic oxidation sites excluding steroid dienone is 1. The summed E-state index contributed by atoms with van der Waals surface area (Å²) in [5.41, 5.74) is 9.81. The Balaban J connectivity index is 1.99. The van der Waals surface area contributed by atoms with Gasteiger partial charge in [-0.1, -0.05) is 89.6 Å². The lowest BCUT2D eigenvalue weighted by Crippen LogP contribution is -2.47. The first-order valence-electron chi connectivity index (χ1n) is 12.9. The molecule has 4 rings (SSSR count). The quantitative estimate of drug-likeness (QED) is 0.458. The van der Waals surface area contributed by atoms with Crippen LogP contribution in [0.4, 0.5) is 0 Å². The highest BCUT2D eigenvalue weighted by Gasteiger charge is 2.49. The van der Waals surface area contributed by atoms with Gasteiger partial charge in [-0.05, 0) is 102 Å². The van der Waals surface area contributed by atoms with E-state index in [2.05, 4.69) is 83.2 Å². The third-order valence-electron chi connectivity index (χ3n) is 9.36. The van der Waals surface area contributed by atoms with Crippen molar-refractivity contribution in [1.29, 1.82) is 0 Å². The van der Waals surface area contributed by atoms with Crippen LogP contribution >= 0.6 is 0 Å². The Hall–Kier alpha value is -1.82. The minimum absolute atomic E-state index is 0.187. The summed E-state index contributed by atoms with van der Waals surface area (Å²) >= 11 is 0. The van der Waals surface area contributed by atoms with E-state index in [4.69, 9.17) is 0 Å². The van der Waals surface area contributed by atoms with Crippen molar-refractivity contribution in [2.75, 3.05) is 0 Å². The van der Waals surface area contributed by atoms with Crippen LogP contribution in [0.15, 0.2) is 48.5 Å². The van der Waals surface area contributed by atoms with Crippen LogP contribution in [0.3, 0.4) is 0 Å². The molecule has 2 bridgehead atoms. The van der Waals surface area contributed by atoms with Crippen LogP contribution in [0.2, 0.25) is 0 Å². The minimum Gasteiger partial charge on any atom is -0.0757 e. The number of rotatable bonds is 5. The third kappa shape index (κ3) is 3.61. The van der Waals surface area contributed by atoms with Crippen molar-refractivity contribution in [3.8, 4) is 0 Å². The SMILES string of the molecule is CCCCc1cccc2c1CCCC1CC=C2c2ccccc2C(C)(CC)C1(C)CC. The average Bonchev–Trinajstić information content (AvgIpc) is 2.89. The zero-order valence-corrected chi connectivity index (χ0v) is 20.6. The fourth-order valence-corrected chi connectivity index (χ4v) is 6.86. The monoisotopic (exact) mass is 414 g/mol. The first-order chi connectivity index (χ1) is 15.0. The van der Waals surface area contributed by atoms with E-state index in [1.807, 2.05) is 0 Å². The van der Waals surface area contributed by atoms with Crippen LogP contribution in [0.25, 0.3) is 5.57 Å². The van der Waals surface area contributed by atoms with Crippen LogP contribution in [-0.4, -0.2) is 0 Å². The van der Waals surface area contributed by atoms with E-state index in [1.54, 1.807) is 16.7 Å². The molecule has 0 saturated carbocycles. The summed E-state index contributed by atoms with van der Waals surface area (Å²) in [7, 11) is 0. The third-order valence-corrected chi connectivity index (χ3v) is 9.36. The predicted octanol–water partition coefficient (Wildman–Crippen LogP) is 8.90. The van der Waals surface area contributed by atoms with Crippen LogP contribution in [0, 0.1) is 11.3 Å². The molecule has 0 saturated heterocycles. The molecule has 0 heterocycles. The van der Waals surface area contributed by atoms with Crippen molar-refractivity contribution in [3.05, 3.63) is 76.4 Å². The molecule has 2 aromatic carbocycles. The highest BCUT2D eigenvalue weighted by molar-refractivity contribution is 5.84. The minimum atomic E-state index is 0.187. The Bertz CT molecular complexity index is 948. The lowest BCUT2D eigenvalue weighted by atomic mass is 9.51.